The van der Waals surface area contributed by atoms with Crippen molar-refractivity contribution in [2.45, 2.75) is 30.6 Å². The molecule has 2 aliphatic heterocycles. The molecular formula is C19H28Cl2N3O4S-. The average Bonchev–Trinajstić information content (AvgIpc) is 2.99. The van der Waals surface area contributed by atoms with Gasteiger partial charge in [0, 0.05) is 44.8 Å². The van der Waals surface area contributed by atoms with E-state index in [0.717, 1.165) is 45.3 Å². The van der Waals surface area contributed by atoms with Crippen LogP contribution in [0.4, 0.5) is 0 Å². The summed E-state index contributed by atoms with van der Waals surface area (Å²) in [6, 6.07) is 4.45. The minimum atomic E-state index is -3.71. The third-order valence-corrected chi connectivity index (χ3v) is 7.57. The molecule has 2 aliphatic rings. The molecule has 1 amide bonds. The summed E-state index contributed by atoms with van der Waals surface area (Å²) >= 11 is 6.20. The van der Waals surface area contributed by atoms with Crippen LogP contribution in [0.1, 0.15) is 36.0 Å². The number of halogens is 2. The van der Waals surface area contributed by atoms with Crippen molar-refractivity contribution in [2.75, 3.05) is 52.5 Å². The third kappa shape index (κ3) is 6.54. The second-order valence-corrected chi connectivity index (χ2v) is 9.49. The molecule has 2 saturated heterocycles. The molecule has 2 fully saturated rings. The first kappa shape index (κ1) is 24.4. The van der Waals surface area contributed by atoms with Gasteiger partial charge in [0.25, 0.3) is 5.91 Å². The molecule has 29 heavy (non-hydrogen) atoms. The topological polar surface area (TPSA) is 79.0 Å². The molecule has 0 aromatic heterocycles. The van der Waals surface area contributed by atoms with Crippen LogP contribution in [-0.2, 0) is 14.8 Å². The fourth-order valence-electron chi connectivity index (χ4n) is 3.52. The zero-order chi connectivity index (χ0) is 20.0. The van der Waals surface area contributed by atoms with Crippen LogP contribution < -0.4 is 17.7 Å². The van der Waals surface area contributed by atoms with Gasteiger partial charge in [0.1, 0.15) is 4.90 Å². The number of nitrogens with one attached hydrogen (secondary N) is 1. The lowest BCUT2D eigenvalue weighted by atomic mass is 10.2. The smallest absolute Gasteiger partial charge is 0.251 e. The van der Waals surface area contributed by atoms with Crippen molar-refractivity contribution in [1.82, 2.24) is 14.5 Å². The van der Waals surface area contributed by atoms with Crippen molar-refractivity contribution in [3.63, 3.8) is 0 Å². The van der Waals surface area contributed by atoms with Gasteiger partial charge in [-0.25, -0.2) is 8.42 Å². The molecule has 0 aliphatic carbocycles. The lowest BCUT2D eigenvalue weighted by Gasteiger charge is -2.26. The van der Waals surface area contributed by atoms with Gasteiger partial charge in [-0.2, -0.15) is 4.31 Å². The summed E-state index contributed by atoms with van der Waals surface area (Å²) in [6.45, 7) is 5.36. The Balaban J connectivity index is 0.00000300. The van der Waals surface area contributed by atoms with E-state index >= 15 is 0 Å². The van der Waals surface area contributed by atoms with Crippen LogP contribution >= 0.6 is 11.6 Å². The molecule has 0 spiro atoms. The standard InChI is InChI=1S/C19H28ClN3O4S.ClH/c20-17-6-5-16(19(24)21-7-10-22-11-13-27-14-12-22)15-18(17)28(25,26)23-8-3-1-2-4-9-23;/h5-6,15H,1-4,7-14H2,(H,21,24);1H/p-1. The number of carbonyl (C=O) groups excluding carboxylic acids is 1. The second kappa shape index (κ2) is 11.5. The van der Waals surface area contributed by atoms with Gasteiger partial charge >= 0.3 is 0 Å². The lowest BCUT2D eigenvalue weighted by Crippen LogP contribution is -3.00. The summed E-state index contributed by atoms with van der Waals surface area (Å²) in [5.41, 5.74) is 0.305. The van der Waals surface area contributed by atoms with Crippen molar-refractivity contribution >= 4 is 27.5 Å². The van der Waals surface area contributed by atoms with Gasteiger partial charge in [-0.3, -0.25) is 9.69 Å². The van der Waals surface area contributed by atoms with Crippen LogP contribution in [0, 0.1) is 0 Å². The first-order valence-corrected chi connectivity index (χ1v) is 11.7. The highest BCUT2D eigenvalue weighted by Crippen LogP contribution is 2.27. The summed E-state index contributed by atoms with van der Waals surface area (Å²) < 4.78 is 32.9. The number of hydrogen-bond acceptors (Lipinski definition) is 5. The molecule has 0 saturated carbocycles. The molecule has 164 valence electrons. The monoisotopic (exact) mass is 464 g/mol. The van der Waals surface area contributed by atoms with E-state index in [-0.39, 0.29) is 28.2 Å². The first-order valence-electron chi connectivity index (χ1n) is 9.86. The Morgan fingerprint density at radius 1 is 1.07 bits per heavy atom. The Morgan fingerprint density at radius 2 is 1.72 bits per heavy atom. The van der Waals surface area contributed by atoms with Crippen LogP contribution in [0.2, 0.25) is 5.02 Å². The number of benzene rings is 1. The largest absolute Gasteiger partial charge is 1.00 e. The van der Waals surface area contributed by atoms with Gasteiger partial charge in [-0.15, -0.1) is 0 Å². The Labute approximate surface area is 184 Å². The first-order chi connectivity index (χ1) is 13.5. The van der Waals surface area contributed by atoms with E-state index in [0.29, 0.717) is 38.4 Å². The molecular weight excluding hydrogens is 437 g/mol. The number of morpholine rings is 1. The fraction of sp³-hybridized carbons (Fsp3) is 0.632. The number of amides is 1. The summed E-state index contributed by atoms with van der Waals surface area (Å²) in [6.07, 6.45) is 3.76. The van der Waals surface area contributed by atoms with Crippen molar-refractivity contribution in [3.05, 3.63) is 28.8 Å². The van der Waals surface area contributed by atoms with Gasteiger partial charge in [0.05, 0.1) is 18.2 Å². The maximum atomic E-state index is 13.0. The van der Waals surface area contributed by atoms with Gasteiger partial charge in [-0.05, 0) is 31.0 Å². The highest BCUT2D eigenvalue weighted by Gasteiger charge is 2.28. The molecule has 0 unspecified atom stereocenters. The van der Waals surface area contributed by atoms with Gasteiger partial charge < -0.3 is 22.5 Å². The quantitative estimate of drug-likeness (QED) is 0.582. The number of carbonyl (C=O) groups is 1. The number of sulfonamides is 1. The number of rotatable bonds is 6. The molecule has 0 radical (unpaired) electrons. The molecule has 0 atom stereocenters. The predicted octanol–water partition coefficient (Wildman–Crippen LogP) is -1.03. The maximum Gasteiger partial charge on any atom is 0.251 e. The number of hydrogen-bond donors (Lipinski definition) is 1. The maximum absolute atomic E-state index is 13.0. The zero-order valence-electron chi connectivity index (χ0n) is 16.4. The van der Waals surface area contributed by atoms with Crippen LogP contribution in [0.5, 0.6) is 0 Å². The van der Waals surface area contributed by atoms with Gasteiger partial charge in [0.15, 0.2) is 0 Å². The van der Waals surface area contributed by atoms with Crippen molar-refractivity contribution in [1.29, 1.82) is 0 Å². The Hall–Kier alpha value is -0.900. The zero-order valence-corrected chi connectivity index (χ0v) is 18.7. The Morgan fingerprint density at radius 3 is 2.38 bits per heavy atom. The predicted molar refractivity (Wildman–Crippen MR) is 108 cm³/mol. The van der Waals surface area contributed by atoms with E-state index in [2.05, 4.69) is 10.2 Å². The van der Waals surface area contributed by atoms with Crippen LogP contribution in [-0.4, -0.2) is 76.0 Å². The molecule has 2 heterocycles. The number of nitrogens with zero attached hydrogens (tertiary/aromatic N) is 2. The third-order valence-electron chi connectivity index (χ3n) is 5.19. The number of ether oxygens (including phenoxy) is 1. The van der Waals surface area contributed by atoms with Crippen molar-refractivity contribution < 1.29 is 30.4 Å². The Bertz CT molecular complexity index is 778. The fourth-order valence-corrected chi connectivity index (χ4v) is 5.54. The minimum Gasteiger partial charge on any atom is -1.00 e. The highest BCUT2D eigenvalue weighted by molar-refractivity contribution is 7.89. The van der Waals surface area contributed by atoms with E-state index in [1.807, 2.05) is 0 Å². The Kier molecular flexibility index (Phi) is 9.65. The summed E-state index contributed by atoms with van der Waals surface area (Å²) in [5.74, 6) is -0.294. The van der Waals surface area contributed by atoms with E-state index in [1.54, 1.807) is 6.07 Å². The molecule has 0 bridgehead atoms. The molecule has 10 heteroatoms. The second-order valence-electron chi connectivity index (χ2n) is 7.17. The summed E-state index contributed by atoms with van der Waals surface area (Å²) in [5, 5.41) is 3.01. The summed E-state index contributed by atoms with van der Waals surface area (Å²) in [4.78, 5) is 14.7. The van der Waals surface area contributed by atoms with Crippen molar-refractivity contribution in [3.8, 4) is 0 Å². The lowest BCUT2D eigenvalue weighted by molar-refractivity contribution is -0.0000189. The highest BCUT2D eigenvalue weighted by atomic mass is 35.5. The molecule has 1 N–H and O–H groups in total. The average molecular weight is 465 g/mol. The molecule has 1 aromatic rings. The molecule has 1 aromatic carbocycles. The molecule has 7 nitrogen and oxygen atoms in total. The SMILES string of the molecule is O=C(NCCN1CCOCC1)c1ccc(Cl)c(S(=O)(=O)N2CCCCCC2)c1.[Cl-]. The summed E-state index contributed by atoms with van der Waals surface area (Å²) in [7, 11) is -3.71. The van der Waals surface area contributed by atoms with Crippen LogP contribution in [0.25, 0.3) is 0 Å². The van der Waals surface area contributed by atoms with Gasteiger partial charge in [-0.1, -0.05) is 24.4 Å². The van der Waals surface area contributed by atoms with E-state index in [1.165, 1.54) is 16.4 Å². The van der Waals surface area contributed by atoms with Crippen LogP contribution in [0.15, 0.2) is 23.1 Å². The van der Waals surface area contributed by atoms with Crippen LogP contribution in [0.3, 0.4) is 0 Å². The van der Waals surface area contributed by atoms with Crippen molar-refractivity contribution in [2.24, 2.45) is 0 Å². The van der Waals surface area contributed by atoms with E-state index in [4.69, 9.17) is 16.3 Å². The van der Waals surface area contributed by atoms with E-state index in [9.17, 15) is 13.2 Å². The van der Waals surface area contributed by atoms with Gasteiger partial charge in [0.2, 0.25) is 10.0 Å². The van der Waals surface area contributed by atoms with E-state index < -0.39 is 10.0 Å². The normalized spacial score (nSPS) is 19.2. The molecule has 3 rings (SSSR count). The minimum absolute atomic E-state index is 0.